The number of nitrogens with one attached hydrogen (secondary N) is 2. The molecule has 22 heavy (non-hydrogen) atoms. The maximum atomic E-state index is 12.5. The number of benzene rings is 1. The largest absolute Gasteiger partial charge is 0.351 e. The molecule has 0 bridgehead atoms. The molecule has 1 aromatic carbocycles. The van der Waals surface area contributed by atoms with E-state index in [4.69, 9.17) is 0 Å². The van der Waals surface area contributed by atoms with Crippen molar-refractivity contribution >= 4 is 16.8 Å². The lowest BCUT2D eigenvalue weighted by molar-refractivity contribution is 0.0913. The summed E-state index contributed by atoms with van der Waals surface area (Å²) in [6, 6.07) is 9.68. The van der Waals surface area contributed by atoms with Crippen molar-refractivity contribution in [1.82, 2.24) is 25.3 Å². The summed E-state index contributed by atoms with van der Waals surface area (Å²) in [6.45, 7) is 4.69. The molecule has 0 aliphatic rings. The Kier molecular flexibility index (Phi) is 3.91. The first kappa shape index (κ1) is 14.3. The van der Waals surface area contributed by atoms with Gasteiger partial charge in [-0.25, -0.2) is 0 Å². The maximum absolute atomic E-state index is 12.5. The van der Waals surface area contributed by atoms with E-state index in [0.29, 0.717) is 12.2 Å². The van der Waals surface area contributed by atoms with E-state index >= 15 is 0 Å². The average molecular weight is 297 g/mol. The number of aromatic nitrogens is 4. The third-order valence-corrected chi connectivity index (χ3v) is 3.72. The molecule has 2 N–H and O–H groups in total. The summed E-state index contributed by atoms with van der Waals surface area (Å²) in [7, 11) is 0. The smallest absolute Gasteiger partial charge is 0.268 e. The lowest BCUT2D eigenvalue weighted by atomic mass is 10.0. The number of H-pyrrole nitrogens is 1. The fourth-order valence-electron chi connectivity index (χ4n) is 2.38. The Labute approximate surface area is 128 Å². The van der Waals surface area contributed by atoms with Gasteiger partial charge in [0.2, 0.25) is 0 Å². The molecular formula is C16H19N5O. The van der Waals surface area contributed by atoms with Crippen molar-refractivity contribution in [1.29, 1.82) is 0 Å². The van der Waals surface area contributed by atoms with E-state index in [0.717, 1.165) is 10.9 Å². The number of aromatic amines is 1. The predicted molar refractivity (Wildman–Crippen MR) is 84.4 cm³/mol. The molecule has 0 aliphatic carbocycles. The molecule has 114 valence electrons. The molecule has 0 spiro atoms. The highest BCUT2D eigenvalue weighted by atomic mass is 16.2. The van der Waals surface area contributed by atoms with Crippen LogP contribution in [0.2, 0.25) is 0 Å². The quantitative estimate of drug-likeness (QED) is 0.758. The minimum absolute atomic E-state index is 0.0358. The van der Waals surface area contributed by atoms with Crippen LogP contribution in [-0.4, -0.2) is 31.9 Å². The van der Waals surface area contributed by atoms with Gasteiger partial charge in [0.25, 0.3) is 5.91 Å². The zero-order valence-corrected chi connectivity index (χ0v) is 12.7. The lowest BCUT2D eigenvalue weighted by Gasteiger charge is -2.21. The zero-order valence-electron chi connectivity index (χ0n) is 12.7. The van der Waals surface area contributed by atoms with Crippen molar-refractivity contribution in [3.05, 3.63) is 48.4 Å². The van der Waals surface area contributed by atoms with Crippen LogP contribution >= 0.6 is 0 Å². The van der Waals surface area contributed by atoms with Gasteiger partial charge in [-0.2, -0.15) is 15.0 Å². The Morgan fingerprint density at radius 3 is 2.68 bits per heavy atom. The molecule has 0 aliphatic heterocycles. The van der Waals surface area contributed by atoms with Gasteiger partial charge in [0, 0.05) is 10.9 Å². The summed E-state index contributed by atoms with van der Waals surface area (Å²) < 4.78 is 0. The van der Waals surface area contributed by atoms with Crippen LogP contribution < -0.4 is 5.32 Å². The monoisotopic (exact) mass is 297 g/mol. The molecular weight excluding hydrogens is 278 g/mol. The topological polar surface area (TPSA) is 75.6 Å². The fourth-order valence-corrected chi connectivity index (χ4v) is 2.38. The highest BCUT2D eigenvalue weighted by molar-refractivity contribution is 5.98. The van der Waals surface area contributed by atoms with Crippen LogP contribution in [0.5, 0.6) is 0 Å². The van der Waals surface area contributed by atoms with E-state index < -0.39 is 0 Å². The van der Waals surface area contributed by atoms with Crippen molar-refractivity contribution in [3.63, 3.8) is 0 Å². The van der Waals surface area contributed by atoms with Crippen LogP contribution in [0.3, 0.4) is 0 Å². The van der Waals surface area contributed by atoms with Crippen molar-refractivity contribution in [2.45, 2.75) is 26.4 Å². The molecule has 1 atom stereocenters. The van der Waals surface area contributed by atoms with E-state index in [1.807, 2.05) is 30.3 Å². The van der Waals surface area contributed by atoms with Gasteiger partial charge in [0.1, 0.15) is 5.69 Å². The minimum atomic E-state index is -0.109. The second-order valence-electron chi connectivity index (χ2n) is 5.68. The Morgan fingerprint density at radius 2 is 2.00 bits per heavy atom. The molecule has 3 rings (SSSR count). The molecule has 2 heterocycles. The van der Waals surface area contributed by atoms with E-state index in [1.54, 1.807) is 17.2 Å². The first-order valence-corrected chi connectivity index (χ1v) is 7.36. The van der Waals surface area contributed by atoms with Gasteiger partial charge < -0.3 is 10.3 Å². The minimum Gasteiger partial charge on any atom is -0.351 e. The first-order valence-electron chi connectivity index (χ1n) is 7.36. The van der Waals surface area contributed by atoms with Crippen LogP contribution in [0.25, 0.3) is 10.9 Å². The highest BCUT2D eigenvalue weighted by Gasteiger charge is 2.19. The van der Waals surface area contributed by atoms with E-state index in [9.17, 15) is 4.79 Å². The van der Waals surface area contributed by atoms with Gasteiger partial charge in [-0.15, -0.1) is 0 Å². The van der Waals surface area contributed by atoms with Crippen molar-refractivity contribution in [2.75, 3.05) is 0 Å². The Balaban J connectivity index is 1.75. The number of rotatable bonds is 5. The van der Waals surface area contributed by atoms with Crippen LogP contribution in [0, 0.1) is 5.92 Å². The molecule has 0 unspecified atom stereocenters. The summed E-state index contributed by atoms with van der Waals surface area (Å²) in [4.78, 5) is 17.2. The van der Waals surface area contributed by atoms with Gasteiger partial charge in [0.05, 0.1) is 25.0 Å². The third kappa shape index (κ3) is 3.00. The van der Waals surface area contributed by atoms with Crippen molar-refractivity contribution in [2.24, 2.45) is 5.92 Å². The normalized spacial score (nSPS) is 12.7. The summed E-state index contributed by atoms with van der Waals surface area (Å²) in [6.07, 6.45) is 3.27. The molecule has 6 heteroatoms. The SMILES string of the molecule is CC(C)[C@@H](Cn1nccn1)NC(=O)c1cc2ccccc2[nH]1. The van der Waals surface area contributed by atoms with Gasteiger partial charge in [0.15, 0.2) is 0 Å². The zero-order chi connectivity index (χ0) is 15.5. The van der Waals surface area contributed by atoms with Crippen molar-refractivity contribution in [3.8, 4) is 0 Å². The lowest BCUT2D eigenvalue weighted by Crippen LogP contribution is -2.42. The Morgan fingerprint density at radius 1 is 1.27 bits per heavy atom. The van der Waals surface area contributed by atoms with Crippen LogP contribution in [-0.2, 0) is 6.54 Å². The number of carbonyl (C=O) groups is 1. The van der Waals surface area contributed by atoms with Crippen LogP contribution in [0.1, 0.15) is 24.3 Å². The van der Waals surface area contributed by atoms with Gasteiger partial charge in [-0.1, -0.05) is 32.0 Å². The van der Waals surface area contributed by atoms with Crippen molar-refractivity contribution < 1.29 is 4.79 Å². The van der Waals surface area contributed by atoms with Crippen LogP contribution in [0.15, 0.2) is 42.7 Å². The first-order chi connectivity index (χ1) is 10.6. The molecule has 2 aromatic heterocycles. The molecule has 1 amide bonds. The van der Waals surface area contributed by atoms with E-state index in [-0.39, 0.29) is 17.9 Å². The molecule has 0 fully saturated rings. The number of nitrogens with zero attached hydrogens (tertiary/aromatic N) is 3. The number of hydrogen-bond donors (Lipinski definition) is 2. The number of carbonyl (C=O) groups excluding carboxylic acids is 1. The molecule has 3 aromatic rings. The number of hydrogen-bond acceptors (Lipinski definition) is 3. The average Bonchev–Trinajstić information content (AvgIpc) is 3.15. The summed E-state index contributed by atoms with van der Waals surface area (Å²) >= 11 is 0. The summed E-state index contributed by atoms with van der Waals surface area (Å²) in [5.74, 6) is 0.168. The van der Waals surface area contributed by atoms with Gasteiger partial charge >= 0.3 is 0 Å². The van der Waals surface area contributed by atoms with E-state index in [2.05, 4.69) is 34.3 Å². The van der Waals surface area contributed by atoms with Crippen LogP contribution in [0.4, 0.5) is 0 Å². The summed E-state index contributed by atoms with van der Waals surface area (Å²) in [5.41, 5.74) is 1.53. The number of fused-ring (bicyclic) bond motifs is 1. The second-order valence-corrected chi connectivity index (χ2v) is 5.68. The number of para-hydroxylation sites is 1. The maximum Gasteiger partial charge on any atom is 0.268 e. The predicted octanol–water partition coefficient (Wildman–Crippen LogP) is 2.21. The number of amides is 1. The Hall–Kier alpha value is -2.63. The molecule has 0 saturated heterocycles. The second kappa shape index (κ2) is 6.01. The van der Waals surface area contributed by atoms with Gasteiger partial charge in [-0.05, 0) is 18.1 Å². The van der Waals surface area contributed by atoms with Gasteiger partial charge in [-0.3, -0.25) is 4.79 Å². The summed E-state index contributed by atoms with van der Waals surface area (Å²) in [5, 5.41) is 12.3. The highest BCUT2D eigenvalue weighted by Crippen LogP contribution is 2.15. The molecule has 6 nitrogen and oxygen atoms in total. The molecule has 0 radical (unpaired) electrons. The fraction of sp³-hybridized carbons (Fsp3) is 0.312. The molecule has 0 saturated carbocycles. The standard InChI is InChI=1S/C16H19N5O/c1-11(2)15(10-21-17-7-8-18-21)20-16(22)14-9-12-5-3-4-6-13(12)19-14/h3-9,11,15,19H,10H2,1-2H3,(H,20,22)/t15-/m1/s1. The van der Waals surface area contributed by atoms with E-state index in [1.165, 1.54) is 0 Å². The third-order valence-electron chi connectivity index (χ3n) is 3.72. The Bertz CT molecular complexity index is 727.